The Labute approximate surface area is 168 Å². The molecule has 2 heterocycles. The monoisotopic (exact) mass is 391 g/mol. The van der Waals surface area contributed by atoms with Crippen molar-refractivity contribution in [2.45, 2.75) is 6.54 Å². The van der Waals surface area contributed by atoms with E-state index in [4.69, 9.17) is 14.2 Å². The van der Waals surface area contributed by atoms with Gasteiger partial charge < -0.3 is 24.8 Å². The summed E-state index contributed by atoms with van der Waals surface area (Å²) in [6.45, 7) is 1.46. The van der Waals surface area contributed by atoms with Gasteiger partial charge in [0.15, 0.2) is 11.5 Å². The number of aromatic nitrogens is 1. The molecule has 0 saturated carbocycles. The Kier molecular flexibility index (Phi) is 5.47. The maximum absolute atomic E-state index is 12.4. The first-order valence-corrected chi connectivity index (χ1v) is 9.26. The Balaban J connectivity index is 1.38. The molecule has 1 amide bonds. The zero-order chi connectivity index (χ0) is 20.1. The molecule has 1 aromatic heterocycles. The van der Waals surface area contributed by atoms with E-state index in [0.29, 0.717) is 31.2 Å². The van der Waals surface area contributed by atoms with Crippen LogP contribution in [0.5, 0.6) is 17.2 Å². The highest BCUT2D eigenvalue weighted by Gasteiger charge is 2.12. The first kappa shape index (κ1) is 18.6. The number of carbonyl (C=O) groups is 1. The van der Waals surface area contributed by atoms with Crippen molar-refractivity contribution in [2.24, 2.45) is 0 Å². The number of ether oxygens (including phenoxy) is 3. The molecule has 3 aromatic rings. The number of fused-ring (bicyclic) bond motifs is 1. The van der Waals surface area contributed by atoms with Gasteiger partial charge in [0.2, 0.25) is 0 Å². The molecule has 2 N–H and O–H groups in total. The number of nitrogens with zero attached hydrogens (tertiary/aromatic N) is 1. The summed E-state index contributed by atoms with van der Waals surface area (Å²) in [5.41, 5.74) is 2.86. The normalized spacial score (nSPS) is 12.2. The van der Waals surface area contributed by atoms with Crippen LogP contribution in [-0.2, 0) is 6.54 Å². The maximum atomic E-state index is 12.4. The van der Waals surface area contributed by atoms with Gasteiger partial charge in [-0.15, -0.1) is 0 Å². The third-order valence-electron chi connectivity index (χ3n) is 4.46. The van der Waals surface area contributed by atoms with E-state index in [9.17, 15) is 4.79 Å². The standard InChI is InChI=1S/C22H21N3O4/c1-27-19-5-3-2-4-15(19)13-24-22(26)18-8-6-17(14-23-18)25-16-7-9-20-21(12-16)29-11-10-28-20/h2-9,12,14,25H,10-11,13H2,1H3,(H,24,26). The summed E-state index contributed by atoms with van der Waals surface area (Å²) in [6, 6.07) is 16.7. The van der Waals surface area contributed by atoms with Gasteiger partial charge in [0.05, 0.1) is 19.0 Å². The minimum Gasteiger partial charge on any atom is -0.496 e. The number of benzene rings is 2. The SMILES string of the molecule is COc1ccccc1CNC(=O)c1ccc(Nc2ccc3c(c2)OCCO3)cn1. The van der Waals surface area contributed by atoms with Gasteiger partial charge in [-0.25, -0.2) is 4.98 Å². The second-order valence-corrected chi connectivity index (χ2v) is 6.41. The molecule has 0 spiro atoms. The predicted octanol–water partition coefficient (Wildman–Crippen LogP) is 3.54. The van der Waals surface area contributed by atoms with Crippen molar-refractivity contribution in [3.63, 3.8) is 0 Å². The lowest BCUT2D eigenvalue weighted by Crippen LogP contribution is -2.24. The summed E-state index contributed by atoms with van der Waals surface area (Å²) < 4.78 is 16.4. The zero-order valence-corrected chi connectivity index (χ0v) is 16.0. The molecule has 0 radical (unpaired) electrons. The summed E-state index contributed by atoms with van der Waals surface area (Å²) in [5, 5.41) is 6.11. The van der Waals surface area contributed by atoms with E-state index in [1.807, 2.05) is 48.5 Å². The van der Waals surface area contributed by atoms with E-state index in [1.165, 1.54) is 0 Å². The largest absolute Gasteiger partial charge is 0.496 e. The van der Waals surface area contributed by atoms with Crippen LogP contribution >= 0.6 is 0 Å². The Hall–Kier alpha value is -3.74. The van der Waals surface area contributed by atoms with Gasteiger partial charge in [-0.1, -0.05) is 18.2 Å². The second-order valence-electron chi connectivity index (χ2n) is 6.41. The quantitative estimate of drug-likeness (QED) is 0.669. The molecule has 2 aromatic carbocycles. The van der Waals surface area contributed by atoms with Crippen LogP contribution in [0.3, 0.4) is 0 Å². The number of hydrogen-bond acceptors (Lipinski definition) is 6. The molecule has 1 aliphatic heterocycles. The molecule has 0 atom stereocenters. The van der Waals surface area contributed by atoms with Gasteiger partial charge in [0.1, 0.15) is 24.7 Å². The van der Waals surface area contributed by atoms with Crippen molar-refractivity contribution < 1.29 is 19.0 Å². The van der Waals surface area contributed by atoms with Crippen LogP contribution in [0, 0.1) is 0 Å². The summed E-state index contributed by atoms with van der Waals surface area (Å²) >= 11 is 0. The van der Waals surface area contributed by atoms with Gasteiger partial charge >= 0.3 is 0 Å². The van der Waals surface area contributed by atoms with E-state index < -0.39 is 0 Å². The number of carbonyl (C=O) groups excluding carboxylic acids is 1. The number of amides is 1. The van der Waals surface area contributed by atoms with Crippen LogP contribution < -0.4 is 24.8 Å². The average molecular weight is 391 g/mol. The number of para-hydroxylation sites is 1. The van der Waals surface area contributed by atoms with Crippen LogP contribution in [0.1, 0.15) is 16.1 Å². The lowest BCUT2D eigenvalue weighted by Gasteiger charge is -2.19. The van der Waals surface area contributed by atoms with E-state index in [2.05, 4.69) is 15.6 Å². The summed E-state index contributed by atoms with van der Waals surface area (Å²) in [4.78, 5) is 16.6. The van der Waals surface area contributed by atoms with Gasteiger partial charge in [-0.2, -0.15) is 0 Å². The molecule has 0 bridgehead atoms. The highest BCUT2D eigenvalue weighted by Crippen LogP contribution is 2.33. The van der Waals surface area contributed by atoms with E-state index >= 15 is 0 Å². The van der Waals surface area contributed by atoms with E-state index in [1.54, 1.807) is 19.4 Å². The van der Waals surface area contributed by atoms with E-state index in [-0.39, 0.29) is 5.91 Å². The van der Waals surface area contributed by atoms with Crippen molar-refractivity contribution >= 4 is 17.3 Å². The summed E-state index contributed by atoms with van der Waals surface area (Å²) in [7, 11) is 1.61. The minimum atomic E-state index is -0.248. The van der Waals surface area contributed by atoms with Crippen molar-refractivity contribution in [3.05, 3.63) is 72.1 Å². The van der Waals surface area contributed by atoms with Crippen molar-refractivity contribution in [2.75, 3.05) is 25.6 Å². The van der Waals surface area contributed by atoms with Gasteiger partial charge in [-0.3, -0.25) is 4.79 Å². The van der Waals surface area contributed by atoms with Crippen molar-refractivity contribution in [1.82, 2.24) is 10.3 Å². The van der Waals surface area contributed by atoms with Crippen molar-refractivity contribution in [3.8, 4) is 17.2 Å². The van der Waals surface area contributed by atoms with Crippen LogP contribution in [0.2, 0.25) is 0 Å². The molecule has 0 saturated heterocycles. The Morgan fingerprint density at radius 3 is 2.62 bits per heavy atom. The first-order chi connectivity index (χ1) is 14.2. The average Bonchev–Trinajstić information content (AvgIpc) is 2.78. The molecule has 4 rings (SSSR count). The molecule has 29 heavy (non-hydrogen) atoms. The first-order valence-electron chi connectivity index (χ1n) is 9.26. The topological polar surface area (TPSA) is 81.7 Å². The molecule has 0 fully saturated rings. The molecular formula is C22H21N3O4. The lowest BCUT2D eigenvalue weighted by atomic mass is 10.2. The number of hydrogen-bond donors (Lipinski definition) is 2. The zero-order valence-electron chi connectivity index (χ0n) is 16.0. The number of methoxy groups -OCH3 is 1. The Morgan fingerprint density at radius 1 is 1.03 bits per heavy atom. The molecule has 0 unspecified atom stereocenters. The molecule has 148 valence electrons. The molecular weight excluding hydrogens is 370 g/mol. The maximum Gasteiger partial charge on any atom is 0.270 e. The van der Waals surface area contributed by atoms with Crippen LogP contribution in [0.15, 0.2) is 60.8 Å². The molecule has 1 aliphatic rings. The fourth-order valence-electron chi connectivity index (χ4n) is 3.00. The number of anilines is 2. The van der Waals surface area contributed by atoms with Gasteiger partial charge in [0, 0.05) is 23.9 Å². The Morgan fingerprint density at radius 2 is 1.83 bits per heavy atom. The summed E-state index contributed by atoms with van der Waals surface area (Å²) in [6.07, 6.45) is 1.62. The van der Waals surface area contributed by atoms with Gasteiger partial charge in [0.25, 0.3) is 5.91 Å². The molecule has 0 aliphatic carbocycles. The molecule has 7 nitrogen and oxygen atoms in total. The predicted molar refractivity (Wildman–Crippen MR) is 109 cm³/mol. The fraction of sp³-hybridized carbons (Fsp3) is 0.182. The minimum absolute atomic E-state index is 0.248. The third kappa shape index (κ3) is 4.40. The van der Waals surface area contributed by atoms with Gasteiger partial charge in [-0.05, 0) is 30.3 Å². The number of nitrogens with one attached hydrogen (secondary N) is 2. The highest BCUT2D eigenvalue weighted by atomic mass is 16.6. The smallest absolute Gasteiger partial charge is 0.270 e. The molecule has 7 heteroatoms. The second kappa shape index (κ2) is 8.52. The van der Waals surface area contributed by atoms with Crippen molar-refractivity contribution in [1.29, 1.82) is 0 Å². The van der Waals surface area contributed by atoms with E-state index in [0.717, 1.165) is 28.4 Å². The Bertz CT molecular complexity index is 1010. The number of rotatable bonds is 6. The highest BCUT2D eigenvalue weighted by molar-refractivity contribution is 5.92. The van der Waals surface area contributed by atoms with Crippen LogP contribution in [0.25, 0.3) is 0 Å². The summed E-state index contributed by atoms with van der Waals surface area (Å²) in [5.74, 6) is 1.94. The fourth-order valence-corrected chi connectivity index (χ4v) is 3.00. The van der Waals surface area contributed by atoms with Crippen LogP contribution in [0.4, 0.5) is 11.4 Å². The number of pyridine rings is 1. The third-order valence-corrected chi connectivity index (χ3v) is 4.46. The van der Waals surface area contributed by atoms with Crippen LogP contribution in [-0.4, -0.2) is 31.2 Å². The lowest BCUT2D eigenvalue weighted by molar-refractivity contribution is 0.0945.